The first-order valence-corrected chi connectivity index (χ1v) is 7.73. The number of cyclic esters (lactones) is 1. The van der Waals surface area contributed by atoms with E-state index in [1.54, 1.807) is 0 Å². The molecule has 1 aromatic heterocycles. The van der Waals surface area contributed by atoms with E-state index >= 15 is 0 Å². The summed E-state index contributed by atoms with van der Waals surface area (Å²) in [7, 11) is 0. The van der Waals surface area contributed by atoms with Gasteiger partial charge in [0.1, 0.15) is 19.0 Å². The largest absolute Gasteiger partial charge is 0.488 e. The minimum atomic E-state index is -0.287. The van der Waals surface area contributed by atoms with Gasteiger partial charge in [-0.15, -0.1) is 11.3 Å². The summed E-state index contributed by atoms with van der Waals surface area (Å²) in [6, 6.07) is 1.94. The number of carbonyl (C=O) groups excluding carboxylic acids is 1. The van der Waals surface area contributed by atoms with Crippen molar-refractivity contribution >= 4 is 29.0 Å². The number of hydrogen-bond donors (Lipinski definition) is 0. The molecule has 1 fully saturated rings. The molecule has 0 amide bonds. The highest BCUT2D eigenvalue weighted by Crippen LogP contribution is 2.45. The lowest BCUT2D eigenvalue weighted by molar-refractivity contribution is 0.0376. The lowest BCUT2D eigenvalue weighted by atomic mass is 9.58. The van der Waals surface area contributed by atoms with Crippen LogP contribution >= 0.6 is 11.3 Å². The summed E-state index contributed by atoms with van der Waals surface area (Å²) in [6.07, 6.45) is 0.939. The zero-order valence-corrected chi connectivity index (χ0v) is 13.1. The van der Waals surface area contributed by atoms with E-state index in [-0.39, 0.29) is 23.9 Å². The number of rotatable bonds is 1. The predicted octanol–water partition coefficient (Wildman–Crippen LogP) is 2.33. The summed E-state index contributed by atoms with van der Waals surface area (Å²) in [5, 5.41) is 0. The molecule has 20 heavy (non-hydrogen) atoms. The highest BCUT2D eigenvalue weighted by Gasteiger charge is 2.50. The SMILES string of the molecule is CC1(C)CB(c2cc3c(s2)C(=O)OCCO3)OC1(C)C. The summed E-state index contributed by atoms with van der Waals surface area (Å²) in [6.45, 7) is 9.43. The molecule has 1 saturated heterocycles. The summed E-state index contributed by atoms with van der Waals surface area (Å²) in [5.74, 6) is 0.351. The molecular formula is C14H19BO4S. The van der Waals surface area contributed by atoms with Gasteiger partial charge >= 0.3 is 12.9 Å². The standard InChI is InChI=1S/C14H19BO4S/c1-13(2)8-15(19-14(13,3)4)10-7-9-11(20-10)12(16)18-6-5-17-9/h7H,5-6,8H2,1-4H3. The fraction of sp³-hybridized carbons (Fsp3) is 0.643. The number of esters is 1. The lowest BCUT2D eigenvalue weighted by Gasteiger charge is -2.34. The van der Waals surface area contributed by atoms with Crippen LogP contribution in [-0.2, 0) is 9.39 Å². The second kappa shape index (κ2) is 4.50. The van der Waals surface area contributed by atoms with Crippen molar-refractivity contribution in [3.8, 4) is 5.75 Å². The second-order valence-corrected chi connectivity index (χ2v) is 7.62. The number of ether oxygens (including phenoxy) is 2. The van der Waals surface area contributed by atoms with Gasteiger partial charge in [0.2, 0.25) is 0 Å². The van der Waals surface area contributed by atoms with E-state index in [2.05, 4.69) is 27.7 Å². The first-order valence-electron chi connectivity index (χ1n) is 6.92. The molecule has 3 heterocycles. The van der Waals surface area contributed by atoms with E-state index in [4.69, 9.17) is 14.1 Å². The molecule has 0 unspecified atom stereocenters. The quantitative estimate of drug-likeness (QED) is 0.589. The Labute approximate surface area is 123 Å². The summed E-state index contributed by atoms with van der Waals surface area (Å²) in [5.41, 5.74) is -0.0825. The molecule has 0 aliphatic carbocycles. The summed E-state index contributed by atoms with van der Waals surface area (Å²) in [4.78, 5) is 12.4. The molecule has 0 spiro atoms. The van der Waals surface area contributed by atoms with Crippen molar-refractivity contribution in [2.24, 2.45) is 5.41 Å². The Morgan fingerprint density at radius 2 is 1.90 bits per heavy atom. The van der Waals surface area contributed by atoms with Crippen LogP contribution in [0.5, 0.6) is 5.75 Å². The zero-order chi connectivity index (χ0) is 14.5. The van der Waals surface area contributed by atoms with Crippen molar-refractivity contribution in [3.05, 3.63) is 10.9 Å². The average Bonchev–Trinajstić information content (AvgIpc) is 2.79. The molecule has 108 valence electrons. The lowest BCUT2D eigenvalue weighted by Crippen LogP contribution is -2.35. The molecule has 1 aromatic rings. The topological polar surface area (TPSA) is 44.8 Å². The van der Waals surface area contributed by atoms with Crippen LogP contribution in [0.3, 0.4) is 0 Å². The van der Waals surface area contributed by atoms with Gasteiger partial charge in [0, 0.05) is 4.78 Å². The summed E-state index contributed by atoms with van der Waals surface area (Å²) >= 11 is 1.43. The van der Waals surface area contributed by atoms with Crippen molar-refractivity contribution in [2.45, 2.75) is 39.6 Å². The predicted molar refractivity (Wildman–Crippen MR) is 79.2 cm³/mol. The number of fused-ring (bicyclic) bond motifs is 1. The number of carbonyl (C=O) groups is 1. The minimum Gasteiger partial charge on any atom is -0.488 e. The second-order valence-electron chi connectivity index (χ2n) is 6.53. The Kier molecular flexibility index (Phi) is 3.14. The average molecular weight is 294 g/mol. The Bertz CT molecular complexity index is 533. The van der Waals surface area contributed by atoms with Crippen LogP contribution in [0, 0.1) is 5.41 Å². The van der Waals surface area contributed by atoms with Crippen LogP contribution in [0.15, 0.2) is 6.07 Å². The maximum absolute atomic E-state index is 11.9. The Morgan fingerprint density at radius 1 is 1.20 bits per heavy atom. The van der Waals surface area contributed by atoms with E-state index in [1.807, 2.05) is 6.07 Å². The molecule has 4 nitrogen and oxygen atoms in total. The smallest absolute Gasteiger partial charge is 0.352 e. The monoisotopic (exact) mass is 294 g/mol. The van der Waals surface area contributed by atoms with E-state index in [0.717, 1.165) is 11.1 Å². The van der Waals surface area contributed by atoms with Gasteiger partial charge in [-0.2, -0.15) is 0 Å². The highest BCUT2D eigenvalue weighted by atomic mass is 32.1. The molecule has 0 bridgehead atoms. The Balaban J connectivity index is 1.90. The van der Waals surface area contributed by atoms with Gasteiger partial charge in [0.05, 0.1) is 5.60 Å². The van der Waals surface area contributed by atoms with Crippen LogP contribution in [-0.4, -0.2) is 31.7 Å². The van der Waals surface area contributed by atoms with Crippen molar-refractivity contribution in [1.82, 2.24) is 0 Å². The van der Waals surface area contributed by atoms with E-state index in [1.165, 1.54) is 11.3 Å². The van der Waals surface area contributed by atoms with Gasteiger partial charge in [0.25, 0.3) is 0 Å². The van der Waals surface area contributed by atoms with Gasteiger partial charge in [-0.1, -0.05) is 13.8 Å². The first kappa shape index (κ1) is 14.0. The Hall–Kier alpha value is -1.01. The van der Waals surface area contributed by atoms with Gasteiger partial charge in [0.15, 0.2) is 4.88 Å². The molecule has 2 aliphatic heterocycles. The van der Waals surface area contributed by atoms with E-state index < -0.39 is 0 Å². The fourth-order valence-corrected chi connectivity index (χ4v) is 3.60. The van der Waals surface area contributed by atoms with Crippen LogP contribution in [0.4, 0.5) is 0 Å². The van der Waals surface area contributed by atoms with Crippen molar-refractivity contribution in [3.63, 3.8) is 0 Å². The number of hydrogen-bond acceptors (Lipinski definition) is 5. The molecule has 2 aliphatic rings. The van der Waals surface area contributed by atoms with Crippen LogP contribution in [0.2, 0.25) is 6.32 Å². The molecule has 0 radical (unpaired) electrons. The molecular weight excluding hydrogens is 275 g/mol. The Morgan fingerprint density at radius 3 is 2.55 bits per heavy atom. The van der Waals surface area contributed by atoms with Gasteiger partial charge < -0.3 is 14.1 Å². The molecule has 0 N–H and O–H groups in total. The molecule has 6 heteroatoms. The highest BCUT2D eigenvalue weighted by molar-refractivity contribution is 7.24. The molecule has 0 atom stereocenters. The zero-order valence-electron chi connectivity index (χ0n) is 12.3. The van der Waals surface area contributed by atoms with E-state index in [9.17, 15) is 4.79 Å². The maximum atomic E-state index is 11.9. The molecule has 3 rings (SSSR count). The first-order chi connectivity index (χ1) is 9.30. The molecule has 0 saturated carbocycles. The normalized spacial score (nSPS) is 23.8. The van der Waals surface area contributed by atoms with Crippen LogP contribution in [0.25, 0.3) is 0 Å². The minimum absolute atomic E-state index is 0.0216. The molecule has 0 aromatic carbocycles. The number of thiophene rings is 1. The fourth-order valence-electron chi connectivity index (χ4n) is 2.58. The van der Waals surface area contributed by atoms with Gasteiger partial charge in [-0.05, 0) is 31.6 Å². The maximum Gasteiger partial charge on any atom is 0.352 e. The summed E-state index contributed by atoms with van der Waals surface area (Å²) < 4.78 is 17.9. The van der Waals surface area contributed by atoms with Crippen molar-refractivity contribution in [2.75, 3.05) is 13.2 Å². The van der Waals surface area contributed by atoms with Gasteiger partial charge in [-0.3, -0.25) is 0 Å². The van der Waals surface area contributed by atoms with Crippen LogP contribution < -0.4 is 9.51 Å². The van der Waals surface area contributed by atoms with E-state index in [0.29, 0.717) is 23.8 Å². The van der Waals surface area contributed by atoms with Crippen LogP contribution in [0.1, 0.15) is 37.4 Å². The van der Waals surface area contributed by atoms with Crippen molar-refractivity contribution in [1.29, 1.82) is 0 Å². The van der Waals surface area contributed by atoms with Gasteiger partial charge in [-0.25, -0.2) is 4.79 Å². The van der Waals surface area contributed by atoms with Crippen molar-refractivity contribution < 1.29 is 18.9 Å². The third-order valence-corrected chi connectivity index (χ3v) is 5.74. The third-order valence-electron chi connectivity index (χ3n) is 4.56. The third kappa shape index (κ3) is 2.15.